The summed E-state index contributed by atoms with van der Waals surface area (Å²) < 4.78 is 5.37. The molecule has 2 aliphatic rings. The van der Waals surface area contributed by atoms with Crippen LogP contribution in [0.2, 0.25) is 0 Å². The maximum Gasteiger partial charge on any atom is 0.0471 e. The van der Waals surface area contributed by atoms with Gasteiger partial charge in [-0.25, -0.2) is 0 Å². The molecule has 2 rings (SSSR count). The average Bonchev–Trinajstić information content (AvgIpc) is 2.07. The molecule has 2 aliphatic heterocycles. The summed E-state index contributed by atoms with van der Waals surface area (Å²) in [6.45, 7) is 4.17. The van der Waals surface area contributed by atoms with Gasteiger partial charge in [0.15, 0.2) is 0 Å². The summed E-state index contributed by atoms with van der Waals surface area (Å²) in [6.07, 6.45) is 5.19. The Labute approximate surface area is 88.7 Å². The smallest absolute Gasteiger partial charge is 0.0471 e. The Morgan fingerprint density at radius 3 is 2.08 bits per heavy atom. The van der Waals surface area contributed by atoms with E-state index in [9.17, 15) is 0 Å². The third-order valence-corrected chi connectivity index (χ3v) is 3.15. The molecule has 1 spiro atoms. The van der Waals surface area contributed by atoms with E-state index in [2.05, 4.69) is 5.32 Å². The topological polar surface area (TPSA) is 23.3 Å². The molecule has 12 heavy (non-hydrogen) atoms. The predicted molar refractivity (Wildman–Crippen MR) is 44.8 cm³/mol. The van der Waals surface area contributed by atoms with Crippen molar-refractivity contribution in [1.29, 1.82) is 0 Å². The molecule has 2 heterocycles. The van der Waals surface area contributed by atoms with Crippen LogP contribution in [0.25, 0.3) is 5.32 Å². The summed E-state index contributed by atoms with van der Waals surface area (Å²) >= 11 is 0. The van der Waals surface area contributed by atoms with E-state index in [1.54, 1.807) is 0 Å². The van der Waals surface area contributed by atoms with E-state index in [4.69, 9.17) is 4.74 Å². The fraction of sp³-hybridized carbons (Fsp3) is 1.00. The minimum atomic E-state index is 0. The first-order valence-electron chi connectivity index (χ1n) is 4.62. The van der Waals surface area contributed by atoms with E-state index in [-0.39, 0.29) is 21.1 Å². The molecule has 0 aromatic heterocycles. The zero-order valence-electron chi connectivity index (χ0n) is 7.42. The first kappa shape index (κ1) is 10.7. The molecule has 2 nitrogen and oxygen atoms in total. The number of piperidine rings is 1. The maximum atomic E-state index is 5.37. The quantitative estimate of drug-likeness (QED) is 0.662. The Balaban J connectivity index is 0.000000720. The van der Waals surface area contributed by atoms with Crippen molar-refractivity contribution >= 4 is 0 Å². The van der Waals surface area contributed by atoms with Crippen molar-refractivity contribution in [1.82, 2.24) is 0 Å². The van der Waals surface area contributed by atoms with Gasteiger partial charge in [-0.15, -0.1) is 13.1 Å². The van der Waals surface area contributed by atoms with Gasteiger partial charge in [0.2, 0.25) is 0 Å². The molecule has 2 saturated heterocycles. The van der Waals surface area contributed by atoms with Crippen LogP contribution in [0.3, 0.4) is 0 Å². The van der Waals surface area contributed by atoms with Crippen LogP contribution >= 0.6 is 0 Å². The average molecular weight is 338 g/mol. The molecule has 3 heteroatoms. The number of nitrogens with zero attached hydrogens (tertiary/aromatic N) is 1. The predicted octanol–water partition coefficient (Wildman–Crippen LogP) is 1.95. The summed E-state index contributed by atoms with van der Waals surface area (Å²) in [6, 6.07) is 0. The van der Waals surface area contributed by atoms with Crippen molar-refractivity contribution in [2.75, 3.05) is 26.3 Å². The molecule has 0 aromatic rings. The largest absolute Gasteiger partial charge is 0.662 e. The molecule has 0 aliphatic carbocycles. The fourth-order valence-electron chi connectivity index (χ4n) is 2.17. The Kier molecular flexibility index (Phi) is 4.22. The molecule has 0 N–H and O–H groups in total. The molecule has 0 aromatic carbocycles. The Hall–Kier alpha value is 0.608. The molecular weight excluding hydrogens is 322 g/mol. The molecule has 0 saturated carbocycles. The van der Waals surface area contributed by atoms with Crippen molar-refractivity contribution in [2.45, 2.75) is 25.7 Å². The monoisotopic (exact) mass is 338 g/mol. The van der Waals surface area contributed by atoms with Crippen LogP contribution < -0.4 is 0 Å². The van der Waals surface area contributed by atoms with Crippen LogP contribution in [0.1, 0.15) is 25.7 Å². The Bertz CT molecular complexity index is 109. The first-order chi connectivity index (χ1) is 5.41. The van der Waals surface area contributed by atoms with E-state index in [1.807, 2.05) is 0 Å². The Morgan fingerprint density at radius 1 is 0.917 bits per heavy atom. The van der Waals surface area contributed by atoms with Gasteiger partial charge >= 0.3 is 0 Å². The molecule has 70 valence electrons. The van der Waals surface area contributed by atoms with Gasteiger partial charge in [0.25, 0.3) is 0 Å². The minimum Gasteiger partial charge on any atom is -0.662 e. The zero-order valence-corrected chi connectivity index (χ0v) is 10.4. The SMILES string of the molecule is C1CC2(CC[N-]1)CCOCC2.[W]. The number of ether oxygens (including phenoxy) is 1. The molecule has 0 unspecified atom stereocenters. The number of hydrogen-bond acceptors (Lipinski definition) is 1. The van der Waals surface area contributed by atoms with Gasteiger partial charge in [0.1, 0.15) is 0 Å². The summed E-state index contributed by atoms with van der Waals surface area (Å²) in [5.74, 6) is 0. The number of hydrogen-bond donors (Lipinski definition) is 0. The summed E-state index contributed by atoms with van der Waals surface area (Å²) in [4.78, 5) is 0. The van der Waals surface area contributed by atoms with Crippen LogP contribution in [0.5, 0.6) is 0 Å². The van der Waals surface area contributed by atoms with Crippen LogP contribution in [-0.4, -0.2) is 26.3 Å². The van der Waals surface area contributed by atoms with Gasteiger partial charge in [-0.05, 0) is 18.3 Å². The van der Waals surface area contributed by atoms with E-state index in [0.717, 1.165) is 26.3 Å². The van der Waals surface area contributed by atoms with Crippen molar-refractivity contribution < 1.29 is 25.8 Å². The van der Waals surface area contributed by atoms with Crippen LogP contribution in [-0.2, 0) is 25.8 Å². The van der Waals surface area contributed by atoms with Gasteiger partial charge in [0.05, 0.1) is 0 Å². The van der Waals surface area contributed by atoms with Crippen molar-refractivity contribution in [3.8, 4) is 0 Å². The molecule has 0 amide bonds. The minimum absolute atomic E-state index is 0. The second-order valence-corrected chi connectivity index (χ2v) is 3.78. The second-order valence-electron chi connectivity index (χ2n) is 3.78. The molecule has 0 radical (unpaired) electrons. The summed E-state index contributed by atoms with van der Waals surface area (Å²) in [5, 5.41) is 4.39. The second kappa shape index (κ2) is 4.74. The van der Waals surface area contributed by atoms with Crippen LogP contribution in [0, 0.1) is 5.41 Å². The Morgan fingerprint density at radius 2 is 1.50 bits per heavy atom. The van der Waals surface area contributed by atoms with Gasteiger partial charge in [-0.1, -0.05) is 12.8 Å². The van der Waals surface area contributed by atoms with E-state index < -0.39 is 0 Å². The normalized spacial score (nSPS) is 28.0. The standard InChI is InChI=1S/C9H16NO.W/c1-5-10-6-2-9(1)3-7-11-8-4-9;/h1-8H2;/q-1;. The van der Waals surface area contributed by atoms with E-state index in [1.165, 1.54) is 25.7 Å². The van der Waals surface area contributed by atoms with Crippen molar-refractivity contribution in [3.05, 3.63) is 5.32 Å². The van der Waals surface area contributed by atoms with E-state index in [0.29, 0.717) is 5.41 Å². The van der Waals surface area contributed by atoms with E-state index >= 15 is 0 Å². The molecule has 2 fully saturated rings. The van der Waals surface area contributed by atoms with Crippen LogP contribution in [0.15, 0.2) is 0 Å². The van der Waals surface area contributed by atoms with Crippen molar-refractivity contribution in [2.24, 2.45) is 5.41 Å². The summed E-state index contributed by atoms with van der Waals surface area (Å²) in [5.41, 5.74) is 0.639. The fourth-order valence-corrected chi connectivity index (χ4v) is 2.17. The zero-order chi connectivity index (χ0) is 7.57. The van der Waals surface area contributed by atoms with Gasteiger partial charge < -0.3 is 10.1 Å². The van der Waals surface area contributed by atoms with Crippen LogP contribution in [0.4, 0.5) is 0 Å². The third-order valence-electron chi connectivity index (χ3n) is 3.15. The number of rotatable bonds is 0. The maximum absolute atomic E-state index is 5.37. The van der Waals surface area contributed by atoms with Gasteiger partial charge in [-0.2, -0.15) is 0 Å². The first-order valence-corrected chi connectivity index (χ1v) is 4.62. The molecular formula is C9H16NOW-. The third kappa shape index (κ3) is 2.31. The molecule has 0 atom stereocenters. The van der Waals surface area contributed by atoms with Crippen molar-refractivity contribution in [3.63, 3.8) is 0 Å². The van der Waals surface area contributed by atoms with Gasteiger partial charge in [-0.3, -0.25) is 0 Å². The summed E-state index contributed by atoms with van der Waals surface area (Å²) in [7, 11) is 0. The van der Waals surface area contributed by atoms with Gasteiger partial charge in [0, 0.05) is 34.3 Å². The molecule has 0 bridgehead atoms.